The predicted molar refractivity (Wildman–Crippen MR) is 123 cm³/mol. The van der Waals surface area contributed by atoms with E-state index in [4.69, 9.17) is 26.4 Å². The first-order valence-electron chi connectivity index (χ1n) is 9.91. The molecule has 3 aromatic carbocycles. The Balaban J connectivity index is 1.81. The van der Waals surface area contributed by atoms with Crippen LogP contribution in [0.25, 0.3) is 38.8 Å². The van der Waals surface area contributed by atoms with E-state index in [0.29, 0.717) is 11.6 Å². The third kappa shape index (κ3) is 3.19. The first kappa shape index (κ1) is 18.6. The second-order valence-electron chi connectivity index (χ2n) is 7.24. The van der Waals surface area contributed by atoms with Crippen LogP contribution in [-0.2, 0) is 0 Å². The molecule has 0 radical (unpaired) electrons. The van der Waals surface area contributed by atoms with Crippen LogP contribution in [0.4, 0.5) is 0 Å². The van der Waals surface area contributed by atoms with Crippen molar-refractivity contribution in [1.29, 1.82) is 0 Å². The monoisotopic (exact) mass is 413 g/mol. The molecule has 0 unspecified atom stereocenters. The number of hydrogen-bond acceptors (Lipinski definition) is 3. The first-order valence-corrected chi connectivity index (χ1v) is 10.3. The largest absolute Gasteiger partial charge is 0.494 e. The molecule has 0 aliphatic heterocycles. The van der Waals surface area contributed by atoms with E-state index >= 15 is 0 Å². The molecule has 148 valence electrons. The lowest BCUT2D eigenvalue weighted by Crippen LogP contribution is -1.97. The van der Waals surface area contributed by atoms with Gasteiger partial charge in [-0.2, -0.15) is 5.10 Å². The summed E-state index contributed by atoms with van der Waals surface area (Å²) in [5, 5.41) is 7.79. The average Bonchev–Trinajstić information content (AvgIpc) is 3.15. The molecule has 2 aromatic heterocycles. The highest BCUT2D eigenvalue weighted by Crippen LogP contribution is 2.34. The molecule has 2 heterocycles. The normalized spacial score (nSPS) is 11.3. The molecule has 0 atom stereocenters. The highest BCUT2D eigenvalue weighted by molar-refractivity contribution is 6.30. The summed E-state index contributed by atoms with van der Waals surface area (Å²) < 4.78 is 7.58. The fourth-order valence-corrected chi connectivity index (χ4v) is 3.88. The fourth-order valence-electron chi connectivity index (χ4n) is 3.76. The number of rotatable bonds is 4. The van der Waals surface area contributed by atoms with Crippen molar-refractivity contribution in [2.75, 3.05) is 6.61 Å². The van der Waals surface area contributed by atoms with E-state index in [2.05, 4.69) is 25.1 Å². The zero-order valence-electron chi connectivity index (χ0n) is 16.8. The minimum absolute atomic E-state index is 0.642. The molecule has 5 heteroatoms. The summed E-state index contributed by atoms with van der Waals surface area (Å²) in [7, 11) is 0. The van der Waals surface area contributed by atoms with Crippen molar-refractivity contribution in [3.63, 3.8) is 0 Å². The maximum Gasteiger partial charge on any atom is 0.119 e. The number of pyridine rings is 1. The second kappa shape index (κ2) is 7.47. The molecule has 0 spiro atoms. The van der Waals surface area contributed by atoms with Crippen molar-refractivity contribution < 1.29 is 4.74 Å². The number of aromatic nitrogens is 3. The third-order valence-electron chi connectivity index (χ3n) is 5.17. The number of halogens is 1. The van der Waals surface area contributed by atoms with Crippen LogP contribution in [0.2, 0.25) is 5.02 Å². The number of benzene rings is 3. The summed E-state index contributed by atoms with van der Waals surface area (Å²) in [6.07, 6.45) is 1.91. The Morgan fingerprint density at radius 2 is 1.70 bits per heavy atom. The summed E-state index contributed by atoms with van der Waals surface area (Å²) in [4.78, 5) is 4.71. The minimum Gasteiger partial charge on any atom is -0.494 e. The molecule has 0 saturated heterocycles. The van der Waals surface area contributed by atoms with E-state index in [0.717, 1.165) is 44.5 Å². The molecule has 0 N–H and O–H groups in total. The minimum atomic E-state index is 0.642. The average molecular weight is 414 g/mol. The number of aryl methyl sites for hydroxylation is 1. The topological polar surface area (TPSA) is 39.9 Å². The van der Waals surface area contributed by atoms with Gasteiger partial charge in [-0.1, -0.05) is 23.2 Å². The maximum atomic E-state index is 6.12. The number of hydrogen-bond donors (Lipinski definition) is 0. The van der Waals surface area contributed by atoms with E-state index in [1.807, 2.05) is 66.3 Å². The molecule has 4 nitrogen and oxygen atoms in total. The van der Waals surface area contributed by atoms with E-state index < -0.39 is 0 Å². The Hall–Kier alpha value is -3.37. The van der Waals surface area contributed by atoms with Gasteiger partial charge in [0.05, 0.1) is 23.3 Å². The van der Waals surface area contributed by atoms with Gasteiger partial charge in [0.25, 0.3) is 0 Å². The standard InChI is InChI=1S/C25H20ClN3O/c1-3-30-20-11-5-17(6-12-20)24-22-15-27-23-13-4-16(2)14-21(23)25(22)29(28-24)19-9-7-18(26)8-10-19/h4-15H,3H2,1-2H3. The molecule has 5 rings (SSSR count). The highest BCUT2D eigenvalue weighted by atomic mass is 35.5. The molecule has 0 fully saturated rings. The van der Waals surface area contributed by atoms with Crippen LogP contribution in [0, 0.1) is 6.92 Å². The Labute approximate surface area is 179 Å². The van der Waals surface area contributed by atoms with E-state index in [9.17, 15) is 0 Å². The van der Waals surface area contributed by atoms with Gasteiger partial charge in [-0.05, 0) is 74.5 Å². The van der Waals surface area contributed by atoms with Crippen molar-refractivity contribution in [2.24, 2.45) is 0 Å². The van der Waals surface area contributed by atoms with Crippen molar-refractivity contribution in [1.82, 2.24) is 14.8 Å². The molecule has 0 aliphatic carbocycles. The fraction of sp³-hybridized carbons (Fsp3) is 0.120. The van der Waals surface area contributed by atoms with E-state index in [1.54, 1.807) is 0 Å². The molecular formula is C25H20ClN3O. The summed E-state index contributed by atoms with van der Waals surface area (Å²) in [6, 6.07) is 22.1. The van der Waals surface area contributed by atoms with Gasteiger partial charge in [0.1, 0.15) is 11.4 Å². The molecule has 30 heavy (non-hydrogen) atoms. The Morgan fingerprint density at radius 1 is 0.933 bits per heavy atom. The SMILES string of the molecule is CCOc1ccc(-c2nn(-c3ccc(Cl)cc3)c3c2cnc2ccc(C)cc23)cc1. The number of nitrogens with zero attached hydrogens (tertiary/aromatic N) is 3. The molecule has 0 aliphatic rings. The van der Waals surface area contributed by atoms with Crippen molar-refractivity contribution in [3.05, 3.63) is 83.5 Å². The van der Waals surface area contributed by atoms with Gasteiger partial charge in [0.2, 0.25) is 0 Å². The first-order chi connectivity index (χ1) is 14.6. The molecular weight excluding hydrogens is 394 g/mol. The Kier molecular flexibility index (Phi) is 4.64. The number of ether oxygens (including phenoxy) is 1. The van der Waals surface area contributed by atoms with E-state index in [-0.39, 0.29) is 0 Å². The highest BCUT2D eigenvalue weighted by Gasteiger charge is 2.17. The lowest BCUT2D eigenvalue weighted by Gasteiger charge is -2.06. The van der Waals surface area contributed by atoms with Gasteiger partial charge in [-0.15, -0.1) is 0 Å². The maximum absolute atomic E-state index is 6.12. The smallest absolute Gasteiger partial charge is 0.119 e. The predicted octanol–water partition coefficient (Wildman–Crippen LogP) is 6.60. The Morgan fingerprint density at radius 3 is 2.43 bits per heavy atom. The van der Waals surface area contributed by atoms with Gasteiger partial charge in [0.15, 0.2) is 0 Å². The zero-order valence-corrected chi connectivity index (χ0v) is 17.5. The van der Waals surface area contributed by atoms with Crippen LogP contribution in [0.1, 0.15) is 12.5 Å². The van der Waals surface area contributed by atoms with Crippen LogP contribution in [0.5, 0.6) is 5.75 Å². The van der Waals surface area contributed by atoms with Crippen LogP contribution in [0.15, 0.2) is 72.9 Å². The summed E-state index contributed by atoms with van der Waals surface area (Å²) in [5.74, 6) is 0.849. The second-order valence-corrected chi connectivity index (χ2v) is 7.67. The van der Waals surface area contributed by atoms with Gasteiger partial charge in [0, 0.05) is 27.6 Å². The summed E-state index contributed by atoms with van der Waals surface area (Å²) in [6.45, 7) is 4.71. The van der Waals surface area contributed by atoms with Crippen molar-refractivity contribution in [2.45, 2.75) is 13.8 Å². The van der Waals surface area contributed by atoms with Crippen molar-refractivity contribution in [3.8, 4) is 22.7 Å². The van der Waals surface area contributed by atoms with Gasteiger partial charge >= 0.3 is 0 Å². The quantitative estimate of drug-likeness (QED) is 0.333. The molecule has 0 amide bonds. The van der Waals surface area contributed by atoms with Crippen LogP contribution < -0.4 is 4.74 Å². The van der Waals surface area contributed by atoms with Gasteiger partial charge in [-0.25, -0.2) is 4.68 Å². The Bertz CT molecular complexity index is 1360. The summed E-state index contributed by atoms with van der Waals surface area (Å²) >= 11 is 6.12. The third-order valence-corrected chi connectivity index (χ3v) is 5.42. The van der Waals surface area contributed by atoms with Crippen LogP contribution in [-0.4, -0.2) is 21.4 Å². The van der Waals surface area contributed by atoms with E-state index in [1.165, 1.54) is 5.56 Å². The van der Waals surface area contributed by atoms with Crippen LogP contribution in [0.3, 0.4) is 0 Å². The lowest BCUT2D eigenvalue weighted by molar-refractivity contribution is 0.340. The van der Waals surface area contributed by atoms with Gasteiger partial charge in [-0.3, -0.25) is 4.98 Å². The number of fused-ring (bicyclic) bond motifs is 3. The lowest BCUT2D eigenvalue weighted by atomic mass is 10.1. The van der Waals surface area contributed by atoms with Crippen molar-refractivity contribution >= 4 is 33.4 Å². The zero-order chi connectivity index (χ0) is 20.7. The molecule has 0 saturated carbocycles. The van der Waals surface area contributed by atoms with Crippen LogP contribution >= 0.6 is 11.6 Å². The van der Waals surface area contributed by atoms with Gasteiger partial charge < -0.3 is 4.74 Å². The summed E-state index contributed by atoms with van der Waals surface area (Å²) in [5.41, 5.74) is 6.03. The molecule has 0 bridgehead atoms. The molecule has 5 aromatic rings.